The SMILES string of the molecule is CC1(C)C=C(S(C)(=O)=O)C(C)(C)CC1. The second kappa shape index (κ2) is 3.09. The molecule has 0 aromatic rings. The summed E-state index contributed by atoms with van der Waals surface area (Å²) >= 11 is 0. The fourth-order valence-corrected chi connectivity index (χ4v) is 3.63. The molecule has 0 amide bonds. The molecule has 0 aliphatic heterocycles. The van der Waals surface area contributed by atoms with Crippen LogP contribution in [0.5, 0.6) is 0 Å². The van der Waals surface area contributed by atoms with Crippen molar-refractivity contribution in [2.45, 2.75) is 40.5 Å². The number of allylic oxidation sites excluding steroid dienone is 2. The van der Waals surface area contributed by atoms with Crippen LogP contribution in [0.3, 0.4) is 0 Å². The van der Waals surface area contributed by atoms with Crippen LogP contribution in [0.1, 0.15) is 40.5 Å². The van der Waals surface area contributed by atoms with E-state index in [-0.39, 0.29) is 10.8 Å². The highest BCUT2D eigenvalue weighted by Gasteiger charge is 2.37. The van der Waals surface area contributed by atoms with Crippen LogP contribution in [0.15, 0.2) is 11.0 Å². The van der Waals surface area contributed by atoms with Crippen LogP contribution < -0.4 is 0 Å². The lowest BCUT2D eigenvalue weighted by Gasteiger charge is -2.37. The first-order valence-electron chi connectivity index (χ1n) is 4.98. The van der Waals surface area contributed by atoms with Crippen LogP contribution in [-0.4, -0.2) is 14.7 Å². The Morgan fingerprint density at radius 2 is 1.64 bits per heavy atom. The van der Waals surface area contributed by atoms with Gasteiger partial charge in [-0.1, -0.05) is 33.8 Å². The van der Waals surface area contributed by atoms with Gasteiger partial charge in [0.1, 0.15) is 0 Å². The third kappa shape index (κ3) is 2.38. The minimum Gasteiger partial charge on any atom is -0.224 e. The quantitative estimate of drug-likeness (QED) is 0.675. The van der Waals surface area contributed by atoms with Crippen LogP contribution in [0.2, 0.25) is 0 Å². The fourth-order valence-electron chi connectivity index (χ4n) is 1.99. The molecule has 0 unspecified atom stereocenters. The first-order valence-corrected chi connectivity index (χ1v) is 6.87. The molecule has 14 heavy (non-hydrogen) atoms. The van der Waals surface area contributed by atoms with Gasteiger partial charge in [-0.2, -0.15) is 0 Å². The Morgan fingerprint density at radius 1 is 1.14 bits per heavy atom. The summed E-state index contributed by atoms with van der Waals surface area (Å²) in [4.78, 5) is 0.612. The van der Waals surface area contributed by atoms with Gasteiger partial charge in [-0.25, -0.2) is 8.42 Å². The molecule has 0 saturated heterocycles. The molecular formula is C11H20O2S. The Morgan fingerprint density at radius 3 is 2.00 bits per heavy atom. The van der Waals surface area contributed by atoms with E-state index in [0.717, 1.165) is 12.8 Å². The minimum absolute atomic E-state index is 0.0218. The van der Waals surface area contributed by atoms with Gasteiger partial charge in [0.05, 0.1) is 0 Å². The van der Waals surface area contributed by atoms with Crippen molar-refractivity contribution in [1.29, 1.82) is 0 Å². The van der Waals surface area contributed by atoms with Crippen molar-refractivity contribution in [1.82, 2.24) is 0 Å². The molecule has 2 nitrogen and oxygen atoms in total. The third-order valence-corrected chi connectivity index (χ3v) is 4.45. The van der Waals surface area contributed by atoms with Crippen LogP contribution in [0, 0.1) is 10.8 Å². The molecule has 0 N–H and O–H groups in total. The standard InChI is InChI=1S/C11H20O2S/c1-10(2)6-7-11(3,4)9(8-10)14(5,12)13/h8H,6-7H2,1-5H3. The van der Waals surface area contributed by atoms with Crippen LogP contribution in [0.4, 0.5) is 0 Å². The zero-order valence-corrected chi connectivity index (χ0v) is 10.5. The number of hydrogen-bond donors (Lipinski definition) is 0. The Bertz CT molecular complexity index is 359. The molecular weight excluding hydrogens is 196 g/mol. The van der Waals surface area contributed by atoms with Gasteiger partial charge in [0.15, 0.2) is 9.84 Å². The van der Waals surface area contributed by atoms with E-state index in [0.29, 0.717) is 4.91 Å². The van der Waals surface area contributed by atoms with E-state index in [4.69, 9.17) is 0 Å². The molecule has 0 aromatic heterocycles. The van der Waals surface area contributed by atoms with E-state index < -0.39 is 9.84 Å². The van der Waals surface area contributed by atoms with Crippen molar-refractivity contribution in [2.24, 2.45) is 10.8 Å². The monoisotopic (exact) mass is 216 g/mol. The summed E-state index contributed by atoms with van der Waals surface area (Å²) in [7, 11) is -3.04. The maximum Gasteiger partial charge on any atom is 0.171 e. The molecule has 82 valence electrons. The van der Waals surface area contributed by atoms with E-state index in [1.807, 2.05) is 19.9 Å². The average molecular weight is 216 g/mol. The van der Waals surface area contributed by atoms with E-state index >= 15 is 0 Å². The maximum atomic E-state index is 11.6. The topological polar surface area (TPSA) is 34.1 Å². The molecule has 1 rings (SSSR count). The van der Waals surface area contributed by atoms with Gasteiger partial charge < -0.3 is 0 Å². The van der Waals surface area contributed by atoms with Crippen molar-refractivity contribution in [3.63, 3.8) is 0 Å². The molecule has 0 spiro atoms. The van der Waals surface area contributed by atoms with Crippen molar-refractivity contribution in [3.8, 4) is 0 Å². The van der Waals surface area contributed by atoms with Crippen LogP contribution >= 0.6 is 0 Å². The molecule has 0 atom stereocenters. The van der Waals surface area contributed by atoms with Crippen molar-refractivity contribution in [2.75, 3.05) is 6.26 Å². The lowest BCUT2D eigenvalue weighted by Crippen LogP contribution is -2.29. The number of sulfone groups is 1. The van der Waals surface area contributed by atoms with E-state index in [2.05, 4.69) is 13.8 Å². The lowest BCUT2D eigenvalue weighted by atomic mass is 9.72. The van der Waals surface area contributed by atoms with Crippen molar-refractivity contribution in [3.05, 3.63) is 11.0 Å². The van der Waals surface area contributed by atoms with Gasteiger partial charge >= 0.3 is 0 Å². The number of rotatable bonds is 1. The third-order valence-electron chi connectivity index (χ3n) is 2.98. The summed E-state index contributed by atoms with van der Waals surface area (Å²) in [6.45, 7) is 8.20. The zero-order valence-electron chi connectivity index (χ0n) is 9.72. The molecule has 0 radical (unpaired) electrons. The van der Waals surface area contributed by atoms with Gasteiger partial charge in [-0.15, -0.1) is 0 Å². The predicted molar refractivity (Wildman–Crippen MR) is 59.7 cm³/mol. The maximum absolute atomic E-state index is 11.6. The molecule has 3 heteroatoms. The molecule has 0 heterocycles. The Labute approximate surface area is 87.3 Å². The van der Waals surface area contributed by atoms with Crippen LogP contribution in [-0.2, 0) is 9.84 Å². The second-order valence-electron chi connectivity index (χ2n) is 5.65. The summed E-state index contributed by atoms with van der Waals surface area (Å²) in [6.07, 6.45) is 5.24. The molecule has 0 aromatic carbocycles. The van der Waals surface area contributed by atoms with Gasteiger partial charge in [0.2, 0.25) is 0 Å². The predicted octanol–water partition coefficient (Wildman–Crippen LogP) is 2.76. The Balaban J connectivity index is 3.28. The Kier molecular flexibility index (Phi) is 2.60. The van der Waals surface area contributed by atoms with Crippen molar-refractivity contribution < 1.29 is 8.42 Å². The molecule has 1 aliphatic rings. The highest BCUT2D eigenvalue weighted by molar-refractivity contribution is 7.94. The largest absolute Gasteiger partial charge is 0.224 e. The molecule has 0 fully saturated rings. The Hall–Kier alpha value is -0.310. The van der Waals surface area contributed by atoms with Gasteiger partial charge in [0.25, 0.3) is 0 Å². The first-order chi connectivity index (χ1) is 6.05. The molecule has 0 bridgehead atoms. The van der Waals surface area contributed by atoms with E-state index in [1.165, 1.54) is 6.26 Å². The fraction of sp³-hybridized carbons (Fsp3) is 0.818. The van der Waals surface area contributed by atoms with Crippen LogP contribution in [0.25, 0.3) is 0 Å². The smallest absolute Gasteiger partial charge is 0.171 e. The summed E-state index contributed by atoms with van der Waals surface area (Å²) in [5, 5.41) is 0. The highest BCUT2D eigenvalue weighted by Crippen LogP contribution is 2.45. The second-order valence-corrected chi connectivity index (χ2v) is 7.64. The van der Waals surface area contributed by atoms with E-state index in [1.54, 1.807) is 0 Å². The zero-order chi connectivity index (χ0) is 11.2. The van der Waals surface area contributed by atoms with Gasteiger partial charge in [-0.05, 0) is 18.3 Å². The summed E-state index contributed by atoms with van der Waals surface area (Å²) in [5.41, 5.74) is -0.170. The van der Waals surface area contributed by atoms with E-state index in [9.17, 15) is 8.42 Å². The molecule has 1 aliphatic carbocycles. The van der Waals surface area contributed by atoms with Gasteiger partial charge in [-0.3, -0.25) is 0 Å². The minimum atomic E-state index is -3.04. The normalized spacial score (nSPS) is 25.6. The summed E-state index contributed by atoms with van der Waals surface area (Å²) < 4.78 is 23.2. The van der Waals surface area contributed by atoms with Gasteiger partial charge in [0, 0.05) is 16.6 Å². The summed E-state index contributed by atoms with van der Waals surface area (Å²) in [6, 6.07) is 0. The average Bonchev–Trinajstić information content (AvgIpc) is 1.93. The highest BCUT2D eigenvalue weighted by atomic mass is 32.2. The number of hydrogen-bond acceptors (Lipinski definition) is 2. The van der Waals surface area contributed by atoms with Crippen molar-refractivity contribution >= 4 is 9.84 Å². The lowest BCUT2D eigenvalue weighted by molar-refractivity contribution is 0.291. The first kappa shape index (κ1) is 11.8. The molecule has 0 saturated carbocycles. The summed E-state index contributed by atoms with van der Waals surface area (Å²) in [5.74, 6) is 0.